The summed E-state index contributed by atoms with van der Waals surface area (Å²) in [5, 5.41) is 0. The highest BCUT2D eigenvalue weighted by atomic mass is 19.1. The molecule has 0 spiro atoms. The zero-order chi connectivity index (χ0) is 15.2. The highest BCUT2D eigenvalue weighted by molar-refractivity contribution is 5.95. The number of carbonyl (C=O) groups is 1. The van der Waals surface area contributed by atoms with Crippen molar-refractivity contribution in [3.8, 4) is 0 Å². The molecule has 0 aliphatic heterocycles. The van der Waals surface area contributed by atoms with Gasteiger partial charge in [-0.15, -0.1) is 0 Å². The van der Waals surface area contributed by atoms with Gasteiger partial charge in [-0.25, -0.2) is 4.39 Å². The van der Waals surface area contributed by atoms with E-state index in [1.807, 2.05) is 19.1 Å². The molecule has 0 fully saturated rings. The van der Waals surface area contributed by atoms with Crippen LogP contribution >= 0.6 is 0 Å². The second-order valence-electron chi connectivity index (χ2n) is 4.94. The topological polar surface area (TPSA) is 46.3 Å². The summed E-state index contributed by atoms with van der Waals surface area (Å²) in [6.45, 7) is 2.65. The maximum absolute atomic E-state index is 12.9. The molecule has 21 heavy (non-hydrogen) atoms. The van der Waals surface area contributed by atoms with Gasteiger partial charge < -0.3 is 10.6 Å². The van der Waals surface area contributed by atoms with E-state index in [1.165, 1.54) is 12.1 Å². The van der Waals surface area contributed by atoms with Crippen LogP contribution in [0.15, 0.2) is 48.5 Å². The van der Waals surface area contributed by atoms with Crippen LogP contribution in [0.3, 0.4) is 0 Å². The summed E-state index contributed by atoms with van der Waals surface area (Å²) in [7, 11) is 0. The molecule has 4 heteroatoms. The fourth-order valence-corrected chi connectivity index (χ4v) is 2.19. The van der Waals surface area contributed by atoms with Gasteiger partial charge >= 0.3 is 0 Å². The third-order valence-electron chi connectivity index (χ3n) is 3.20. The lowest BCUT2D eigenvalue weighted by atomic mass is 10.1. The SMILES string of the molecule is CCCN(C(=O)Cc1ccc(F)cc1)c1cccc(N)c1. The molecule has 3 nitrogen and oxygen atoms in total. The van der Waals surface area contributed by atoms with Gasteiger partial charge in [0.25, 0.3) is 0 Å². The number of hydrogen-bond acceptors (Lipinski definition) is 2. The number of nitrogens with zero attached hydrogens (tertiary/aromatic N) is 1. The number of hydrogen-bond donors (Lipinski definition) is 1. The first-order valence-electron chi connectivity index (χ1n) is 7.00. The fraction of sp³-hybridized carbons (Fsp3) is 0.235. The maximum Gasteiger partial charge on any atom is 0.231 e. The number of benzene rings is 2. The molecule has 2 aromatic carbocycles. The molecule has 0 aliphatic rings. The van der Waals surface area contributed by atoms with Crippen LogP contribution in [0.2, 0.25) is 0 Å². The number of halogens is 1. The van der Waals surface area contributed by atoms with Gasteiger partial charge in [-0.2, -0.15) is 0 Å². The molecule has 2 aromatic rings. The highest BCUT2D eigenvalue weighted by Crippen LogP contribution is 2.19. The quantitative estimate of drug-likeness (QED) is 0.856. The summed E-state index contributed by atoms with van der Waals surface area (Å²) in [5.74, 6) is -0.318. The first-order valence-corrected chi connectivity index (χ1v) is 7.00. The molecule has 2 N–H and O–H groups in total. The van der Waals surface area contributed by atoms with E-state index in [1.54, 1.807) is 29.2 Å². The van der Waals surface area contributed by atoms with Crippen molar-refractivity contribution in [1.82, 2.24) is 0 Å². The predicted molar refractivity (Wildman–Crippen MR) is 83.6 cm³/mol. The summed E-state index contributed by atoms with van der Waals surface area (Å²) in [6.07, 6.45) is 1.10. The Morgan fingerprint density at radius 2 is 1.90 bits per heavy atom. The molecular weight excluding hydrogens is 267 g/mol. The van der Waals surface area contributed by atoms with Crippen molar-refractivity contribution in [3.05, 3.63) is 59.9 Å². The van der Waals surface area contributed by atoms with Crippen molar-refractivity contribution in [2.75, 3.05) is 17.2 Å². The minimum atomic E-state index is -0.299. The van der Waals surface area contributed by atoms with Crippen LogP contribution in [0.4, 0.5) is 15.8 Å². The Kier molecular flexibility index (Phi) is 4.93. The molecule has 0 saturated carbocycles. The second kappa shape index (κ2) is 6.88. The number of nitrogen functional groups attached to an aromatic ring is 1. The fourth-order valence-electron chi connectivity index (χ4n) is 2.19. The van der Waals surface area contributed by atoms with Crippen molar-refractivity contribution < 1.29 is 9.18 Å². The maximum atomic E-state index is 12.9. The number of anilines is 2. The average Bonchev–Trinajstić information content (AvgIpc) is 2.47. The molecule has 0 unspecified atom stereocenters. The molecule has 0 atom stereocenters. The molecule has 0 aromatic heterocycles. The smallest absolute Gasteiger partial charge is 0.231 e. The number of nitrogens with two attached hydrogens (primary N) is 1. The molecule has 0 heterocycles. The lowest BCUT2D eigenvalue weighted by Gasteiger charge is -2.22. The second-order valence-corrected chi connectivity index (χ2v) is 4.94. The van der Waals surface area contributed by atoms with Gasteiger partial charge in [-0.1, -0.05) is 25.1 Å². The minimum Gasteiger partial charge on any atom is -0.399 e. The number of rotatable bonds is 5. The molecule has 110 valence electrons. The van der Waals surface area contributed by atoms with Crippen molar-refractivity contribution in [2.45, 2.75) is 19.8 Å². The van der Waals surface area contributed by atoms with Crippen LogP contribution in [-0.2, 0) is 11.2 Å². The Labute approximate surface area is 124 Å². The van der Waals surface area contributed by atoms with E-state index in [0.717, 1.165) is 17.7 Å². The van der Waals surface area contributed by atoms with Crippen molar-refractivity contribution in [1.29, 1.82) is 0 Å². The third-order valence-corrected chi connectivity index (χ3v) is 3.20. The third kappa shape index (κ3) is 4.05. The normalized spacial score (nSPS) is 10.4. The first-order chi connectivity index (χ1) is 10.1. The molecule has 2 rings (SSSR count). The summed E-state index contributed by atoms with van der Waals surface area (Å²) >= 11 is 0. The standard InChI is InChI=1S/C17H19FN2O/c1-2-10-20(16-5-3-4-15(19)12-16)17(21)11-13-6-8-14(18)9-7-13/h3-9,12H,2,10-11,19H2,1H3. The minimum absolute atomic E-state index is 0.0194. The molecule has 0 radical (unpaired) electrons. The molecular formula is C17H19FN2O. The van der Waals surface area contributed by atoms with E-state index in [9.17, 15) is 9.18 Å². The molecule has 0 aliphatic carbocycles. The predicted octanol–water partition coefficient (Wildman–Crippen LogP) is 3.39. The van der Waals surface area contributed by atoms with E-state index in [2.05, 4.69) is 0 Å². The zero-order valence-corrected chi connectivity index (χ0v) is 12.1. The van der Waals surface area contributed by atoms with Crippen molar-refractivity contribution >= 4 is 17.3 Å². The number of carbonyl (C=O) groups excluding carboxylic acids is 1. The Morgan fingerprint density at radius 3 is 2.52 bits per heavy atom. The van der Waals surface area contributed by atoms with Crippen LogP contribution < -0.4 is 10.6 Å². The Hall–Kier alpha value is -2.36. The number of amides is 1. The Morgan fingerprint density at radius 1 is 1.19 bits per heavy atom. The lowest BCUT2D eigenvalue weighted by Crippen LogP contribution is -2.33. The van der Waals surface area contributed by atoms with Crippen LogP contribution in [0, 0.1) is 5.82 Å². The molecule has 0 saturated heterocycles. The van der Waals surface area contributed by atoms with E-state index in [0.29, 0.717) is 12.2 Å². The van der Waals surface area contributed by atoms with Crippen LogP contribution in [0.1, 0.15) is 18.9 Å². The van der Waals surface area contributed by atoms with Gasteiger partial charge in [0.2, 0.25) is 5.91 Å². The summed E-state index contributed by atoms with van der Waals surface area (Å²) < 4.78 is 12.9. The van der Waals surface area contributed by atoms with Crippen LogP contribution in [0.25, 0.3) is 0 Å². The summed E-state index contributed by atoms with van der Waals surface area (Å²) in [6, 6.07) is 13.3. The zero-order valence-electron chi connectivity index (χ0n) is 12.1. The largest absolute Gasteiger partial charge is 0.399 e. The van der Waals surface area contributed by atoms with Gasteiger partial charge in [0.15, 0.2) is 0 Å². The van der Waals surface area contributed by atoms with Crippen molar-refractivity contribution in [3.63, 3.8) is 0 Å². The van der Waals surface area contributed by atoms with Gasteiger partial charge in [-0.3, -0.25) is 4.79 Å². The van der Waals surface area contributed by atoms with Gasteiger partial charge in [0, 0.05) is 17.9 Å². The monoisotopic (exact) mass is 286 g/mol. The summed E-state index contributed by atoms with van der Waals surface area (Å²) in [5.41, 5.74) is 8.00. The Balaban J connectivity index is 2.17. The molecule has 0 bridgehead atoms. The van der Waals surface area contributed by atoms with E-state index >= 15 is 0 Å². The average molecular weight is 286 g/mol. The van der Waals surface area contributed by atoms with Gasteiger partial charge in [0.1, 0.15) is 5.82 Å². The van der Waals surface area contributed by atoms with Gasteiger partial charge in [-0.05, 0) is 42.3 Å². The van der Waals surface area contributed by atoms with E-state index in [4.69, 9.17) is 5.73 Å². The van der Waals surface area contributed by atoms with E-state index < -0.39 is 0 Å². The van der Waals surface area contributed by atoms with Crippen molar-refractivity contribution in [2.24, 2.45) is 0 Å². The molecule has 1 amide bonds. The van der Waals surface area contributed by atoms with Crippen LogP contribution in [0.5, 0.6) is 0 Å². The van der Waals surface area contributed by atoms with E-state index in [-0.39, 0.29) is 18.1 Å². The van der Waals surface area contributed by atoms with Gasteiger partial charge in [0.05, 0.1) is 6.42 Å². The summed E-state index contributed by atoms with van der Waals surface area (Å²) in [4.78, 5) is 14.2. The first kappa shape index (κ1) is 15.0. The van der Waals surface area contributed by atoms with Crippen LogP contribution in [-0.4, -0.2) is 12.5 Å². The highest BCUT2D eigenvalue weighted by Gasteiger charge is 2.15. The Bertz CT molecular complexity index is 610. The lowest BCUT2D eigenvalue weighted by molar-refractivity contribution is -0.118.